The number of aryl methyl sites for hydroxylation is 1. The lowest BCUT2D eigenvalue weighted by Crippen LogP contribution is -2.56. The van der Waals surface area contributed by atoms with Crippen LogP contribution in [0.3, 0.4) is 0 Å². The molecule has 7 nitrogen and oxygen atoms in total. The van der Waals surface area contributed by atoms with Crippen LogP contribution in [-0.2, 0) is 23.1 Å². The summed E-state index contributed by atoms with van der Waals surface area (Å²) in [4.78, 5) is 29.9. The Morgan fingerprint density at radius 1 is 1.22 bits per heavy atom. The Balaban J connectivity index is 1.74. The first kappa shape index (κ1) is 19.6. The van der Waals surface area contributed by atoms with E-state index in [1.807, 2.05) is 29.2 Å². The minimum absolute atomic E-state index is 0.0148. The van der Waals surface area contributed by atoms with Crippen LogP contribution in [0.2, 0.25) is 0 Å². The molecule has 0 spiro atoms. The molecular weight excluding hydrogens is 344 g/mol. The second kappa shape index (κ2) is 8.71. The van der Waals surface area contributed by atoms with Gasteiger partial charge < -0.3 is 9.64 Å². The van der Waals surface area contributed by atoms with Crippen LogP contribution in [0.5, 0.6) is 0 Å². The molecule has 0 N–H and O–H groups in total. The van der Waals surface area contributed by atoms with Crippen molar-refractivity contribution in [1.82, 2.24) is 18.9 Å². The average molecular weight is 374 g/mol. The topological polar surface area (TPSA) is 59.7 Å². The smallest absolute Gasteiger partial charge is 0.329 e. The number of imidazole rings is 1. The van der Waals surface area contributed by atoms with Gasteiger partial charge in [0, 0.05) is 46.4 Å². The minimum Gasteiger partial charge on any atom is -0.383 e. The second-order valence-electron chi connectivity index (χ2n) is 7.23. The van der Waals surface area contributed by atoms with Crippen molar-refractivity contribution in [2.45, 2.75) is 32.4 Å². The normalized spacial score (nSPS) is 18.3. The van der Waals surface area contributed by atoms with Gasteiger partial charge in [-0.1, -0.05) is 25.5 Å². The van der Waals surface area contributed by atoms with Gasteiger partial charge >= 0.3 is 5.69 Å². The number of piperazine rings is 1. The van der Waals surface area contributed by atoms with Gasteiger partial charge in [-0.15, -0.1) is 0 Å². The van der Waals surface area contributed by atoms with Gasteiger partial charge in [0.15, 0.2) is 0 Å². The highest BCUT2D eigenvalue weighted by atomic mass is 16.5. The molecular formula is C20H30N4O3. The Labute approximate surface area is 160 Å². The molecule has 2 aromatic rings. The quantitative estimate of drug-likeness (QED) is 0.733. The lowest BCUT2D eigenvalue weighted by atomic mass is 10.1. The van der Waals surface area contributed by atoms with E-state index < -0.39 is 0 Å². The lowest BCUT2D eigenvalue weighted by molar-refractivity contribution is -0.135. The molecule has 0 radical (unpaired) electrons. The number of para-hydroxylation sites is 2. The van der Waals surface area contributed by atoms with E-state index in [1.165, 1.54) is 0 Å². The first-order chi connectivity index (χ1) is 13.1. The van der Waals surface area contributed by atoms with E-state index in [9.17, 15) is 9.59 Å². The summed E-state index contributed by atoms with van der Waals surface area (Å²) in [6, 6.07) is 7.96. The largest absolute Gasteiger partial charge is 0.383 e. The standard InChI is InChI=1S/C20H30N4O3/c1-4-7-16-14-23(11-10-22(16)12-13-27-3)19(25)15-24-18-9-6-5-8-17(18)21(2)20(24)26/h5-6,8-9,16H,4,7,10-15H2,1-3H3/t16-/m0/s1. The van der Waals surface area contributed by atoms with Gasteiger partial charge in [-0.2, -0.15) is 0 Å². The number of carbonyl (C=O) groups excluding carboxylic acids is 1. The monoisotopic (exact) mass is 374 g/mol. The molecule has 1 amide bonds. The van der Waals surface area contributed by atoms with Gasteiger partial charge in [-0.3, -0.25) is 18.8 Å². The van der Waals surface area contributed by atoms with Crippen LogP contribution < -0.4 is 5.69 Å². The van der Waals surface area contributed by atoms with Crippen LogP contribution in [0.15, 0.2) is 29.1 Å². The number of nitrogens with zero attached hydrogens (tertiary/aromatic N) is 4. The average Bonchev–Trinajstić information content (AvgIpc) is 2.92. The fourth-order valence-electron chi connectivity index (χ4n) is 3.98. The van der Waals surface area contributed by atoms with E-state index >= 15 is 0 Å². The number of hydrogen-bond donors (Lipinski definition) is 0. The number of hydrogen-bond acceptors (Lipinski definition) is 4. The van der Waals surface area contributed by atoms with E-state index in [-0.39, 0.29) is 18.1 Å². The summed E-state index contributed by atoms with van der Waals surface area (Å²) in [5.41, 5.74) is 1.51. The maximum absolute atomic E-state index is 13.0. The number of fused-ring (bicyclic) bond motifs is 1. The zero-order valence-corrected chi connectivity index (χ0v) is 16.6. The molecule has 148 valence electrons. The van der Waals surface area contributed by atoms with Crippen LogP contribution in [0.4, 0.5) is 0 Å². The summed E-state index contributed by atoms with van der Waals surface area (Å²) < 4.78 is 8.41. The van der Waals surface area contributed by atoms with Crippen molar-refractivity contribution in [3.63, 3.8) is 0 Å². The molecule has 1 atom stereocenters. The first-order valence-electron chi connectivity index (χ1n) is 9.71. The molecule has 0 aliphatic carbocycles. The van der Waals surface area contributed by atoms with Gasteiger partial charge in [-0.25, -0.2) is 4.79 Å². The van der Waals surface area contributed by atoms with Crippen LogP contribution in [0.1, 0.15) is 19.8 Å². The van der Waals surface area contributed by atoms with Gasteiger partial charge in [0.1, 0.15) is 6.54 Å². The van der Waals surface area contributed by atoms with Crippen LogP contribution in [0.25, 0.3) is 11.0 Å². The highest BCUT2D eigenvalue weighted by molar-refractivity contribution is 5.81. The van der Waals surface area contributed by atoms with Gasteiger partial charge in [0.05, 0.1) is 17.6 Å². The Morgan fingerprint density at radius 2 is 1.96 bits per heavy atom. The molecule has 1 aromatic heterocycles. The number of aromatic nitrogens is 2. The van der Waals surface area contributed by atoms with Crippen molar-refractivity contribution in [1.29, 1.82) is 0 Å². The molecule has 3 rings (SSSR count). The van der Waals surface area contributed by atoms with Gasteiger partial charge in [0.25, 0.3) is 0 Å². The second-order valence-corrected chi connectivity index (χ2v) is 7.23. The summed E-state index contributed by atoms with van der Waals surface area (Å²) in [5.74, 6) is 0.0148. The van der Waals surface area contributed by atoms with Crippen molar-refractivity contribution in [3.8, 4) is 0 Å². The van der Waals surface area contributed by atoms with E-state index in [0.29, 0.717) is 19.2 Å². The maximum atomic E-state index is 13.0. The van der Waals surface area contributed by atoms with E-state index in [0.717, 1.165) is 43.5 Å². The number of amides is 1. The predicted octanol–water partition coefficient (Wildman–Crippen LogP) is 1.30. The van der Waals surface area contributed by atoms with E-state index in [1.54, 1.807) is 23.3 Å². The van der Waals surface area contributed by atoms with E-state index in [4.69, 9.17) is 4.74 Å². The lowest BCUT2D eigenvalue weighted by Gasteiger charge is -2.41. The van der Waals surface area contributed by atoms with Gasteiger partial charge in [0.2, 0.25) is 5.91 Å². The highest BCUT2D eigenvalue weighted by Crippen LogP contribution is 2.16. The summed E-state index contributed by atoms with van der Waals surface area (Å²) in [5, 5.41) is 0. The number of carbonyl (C=O) groups is 1. The third kappa shape index (κ3) is 4.09. The predicted molar refractivity (Wildman–Crippen MR) is 106 cm³/mol. The third-order valence-corrected chi connectivity index (χ3v) is 5.51. The van der Waals surface area contributed by atoms with Crippen molar-refractivity contribution < 1.29 is 9.53 Å². The van der Waals surface area contributed by atoms with Crippen molar-refractivity contribution in [2.75, 3.05) is 39.9 Å². The van der Waals surface area contributed by atoms with Crippen LogP contribution in [0, 0.1) is 0 Å². The van der Waals surface area contributed by atoms with Crippen LogP contribution >= 0.6 is 0 Å². The Hall–Kier alpha value is -2.12. The summed E-state index contributed by atoms with van der Waals surface area (Å²) >= 11 is 0. The van der Waals surface area contributed by atoms with Crippen molar-refractivity contribution in [2.24, 2.45) is 7.05 Å². The minimum atomic E-state index is -0.145. The van der Waals surface area contributed by atoms with Crippen LogP contribution in [-0.4, -0.2) is 70.8 Å². The molecule has 1 aliphatic heterocycles. The molecule has 1 saturated heterocycles. The third-order valence-electron chi connectivity index (χ3n) is 5.51. The zero-order valence-electron chi connectivity index (χ0n) is 16.6. The first-order valence-corrected chi connectivity index (χ1v) is 9.71. The highest BCUT2D eigenvalue weighted by Gasteiger charge is 2.29. The molecule has 1 aliphatic rings. The number of ether oxygens (including phenoxy) is 1. The van der Waals surface area contributed by atoms with E-state index in [2.05, 4.69) is 11.8 Å². The van der Waals surface area contributed by atoms with Gasteiger partial charge in [-0.05, 0) is 18.6 Å². The van der Waals surface area contributed by atoms with Crippen molar-refractivity contribution >= 4 is 16.9 Å². The molecule has 0 unspecified atom stereocenters. The maximum Gasteiger partial charge on any atom is 0.329 e. The number of benzene rings is 1. The molecule has 27 heavy (non-hydrogen) atoms. The molecule has 0 bridgehead atoms. The molecule has 0 saturated carbocycles. The molecule has 2 heterocycles. The fourth-order valence-corrected chi connectivity index (χ4v) is 3.98. The Kier molecular flexibility index (Phi) is 6.34. The fraction of sp³-hybridized carbons (Fsp3) is 0.600. The molecule has 1 aromatic carbocycles. The summed E-state index contributed by atoms with van der Waals surface area (Å²) in [7, 11) is 3.47. The Bertz CT molecular complexity index is 841. The Morgan fingerprint density at radius 3 is 2.67 bits per heavy atom. The summed E-state index contributed by atoms with van der Waals surface area (Å²) in [6.45, 7) is 6.13. The molecule has 7 heteroatoms. The SMILES string of the molecule is CCC[C@H]1CN(C(=O)Cn2c(=O)n(C)c3ccccc32)CCN1CCOC. The number of rotatable bonds is 7. The van der Waals surface area contributed by atoms with Crippen molar-refractivity contribution in [3.05, 3.63) is 34.7 Å². The zero-order chi connectivity index (χ0) is 19.4. The summed E-state index contributed by atoms with van der Waals surface area (Å²) in [6.07, 6.45) is 2.14. The molecule has 1 fully saturated rings. The number of methoxy groups -OCH3 is 1.